The van der Waals surface area contributed by atoms with Crippen LogP contribution >= 0.6 is 0 Å². The number of nitrogens with zero attached hydrogens (tertiary/aromatic N) is 3. The SMILES string of the molecule is CC1CCCCN1CCCCN=C(N)N1CCCCC1. The van der Waals surface area contributed by atoms with Gasteiger partial charge in [-0.25, -0.2) is 0 Å². The summed E-state index contributed by atoms with van der Waals surface area (Å²) in [7, 11) is 0. The molecule has 2 rings (SSSR count). The highest BCUT2D eigenvalue weighted by molar-refractivity contribution is 5.78. The molecule has 2 heterocycles. The van der Waals surface area contributed by atoms with E-state index in [-0.39, 0.29) is 0 Å². The van der Waals surface area contributed by atoms with E-state index in [1.165, 1.54) is 58.0 Å². The Labute approximate surface area is 124 Å². The second kappa shape index (κ2) is 8.50. The van der Waals surface area contributed by atoms with Crippen LogP contribution in [-0.2, 0) is 0 Å². The maximum absolute atomic E-state index is 6.06. The topological polar surface area (TPSA) is 44.9 Å². The predicted octanol–water partition coefficient (Wildman–Crippen LogP) is 2.44. The van der Waals surface area contributed by atoms with Crippen LogP contribution in [0.4, 0.5) is 0 Å². The van der Waals surface area contributed by atoms with E-state index in [0.29, 0.717) is 0 Å². The molecule has 2 N–H and O–H groups in total. The summed E-state index contributed by atoms with van der Waals surface area (Å²) < 4.78 is 0. The molecule has 0 saturated carbocycles. The van der Waals surface area contributed by atoms with Crippen molar-refractivity contribution >= 4 is 5.96 Å². The second-order valence-electron chi connectivity index (χ2n) is 6.38. The number of nitrogens with two attached hydrogens (primary N) is 1. The van der Waals surface area contributed by atoms with E-state index in [1.807, 2.05) is 0 Å². The van der Waals surface area contributed by atoms with E-state index < -0.39 is 0 Å². The maximum Gasteiger partial charge on any atom is 0.191 e. The van der Waals surface area contributed by atoms with Crippen LogP contribution in [0.2, 0.25) is 0 Å². The van der Waals surface area contributed by atoms with E-state index >= 15 is 0 Å². The monoisotopic (exact) mass is 280 g/mol. The molecule has 20 heavy (non-hydrogen) atoms. The van der Waals surface area contributed by atoms with Crippen LogP contribution in [0.15, 0.2) is 4.99 Å². The van der Waals surface area contributed by atoms with E-state index in [4.69, 9.17) is 5.73 Å². The predicted molar refractivity (Wildman–Crippen MR) is 86.0 cm³/mol. The molecule has 4 heteroatoms. The van der Waals surface area contributed by atoms with Crippen molar-refractivity contribution < 1.29 is 0 Å². The van der Waals surface area contributed by atoms with Crippen molar-refractivity contribution in [3.05, 3.63) is 0 Å². The van der Waals surface area contributed by atoms with Crippen molar-refractivity contribution in [3.63, 3.8) is 0 Å². The van der Waals surface area contributed by atoms with Gasteiger partial charge in [-0.05, 0) is 65.0 Å². The molecule has 0 aliphatic carbocycles. The summed E-state index contributed by atoms with van der Waals surface area (Å²) in [5.74, 6) is 0.774. The highest BCUT2D eigenvalue weighted by atomic mass is 15.2. The van der Waals surface area contributed by atoms with Gasteiger partial charge in [0.05, 0.1) is 0 Å². The molecule has 0 aromatic rings. The average molecular weight is 280 g/mol. The van der Waals surface area contributed by atoms with Gasteiger partial charge >= 0.3 is 0 Å². The summed E-state index contributed by atoms with van der Waals surface area (Å²) in [5.41, 5.74) is 6.06. The third-order valence-corrected chi connectivity index (χ3v) is 4.75. The zero-order valence-corrected chi connectivity index (χ0v) is 13.2. The molecule has 1 unspecified atom stereocenters. The molecule has 0 spiro atoms. The summed E-state index contributed by atoms with van der Waals surface area (Å²) in [5, 5.41) is 0. The molecule has 2 aliphatic rings. The first-order chi connectivity index (χ1) is 9.77. The molecule has 4 nitrogen and oxygen atoms in total. The van der Waals surface area contributed by atoms with Crippen LogP contribution in [0.3, 0.4) is 0 Å². The Morgan fingerprint density at radius 1 is 1.05 bits per heavy atom. The lowest BCUT2D eigenvalue weighted by molar-refractivity contribution is 0.158. The highest BCUT2D eigenvalue weighted by Gasteiger charge is 2.17. The fourth-order valence-corrected chi connectivity index (χ4v) is 3.33. The zero-order valence-electron chi connectivity index (χ0n) is 13.2. The lowest BCUT2D eigenvalue weighted by atomic mass is 10.0. The number of hydrogen-bond donors (Lipinski definition) is 1. The Bertz CT molecular complexity index is 297. The minimum Gasteiger partial charge on any atom is -0.370 e. The number of aliphatic imine (C=N–C) groups is 1. The molecule has 0 amide bonds. The molecular formula is C16H32N4. The number of likely N-dealkylation sites (tertiary alicyclic amines) is 2. The molecule has 2 aliphatic heterocycles. The van der Waals surface area contributed by atoms with Gasteiger partial charge in [-0.2, -0.15) is 0 Å². The molecule has 2 saturated heterocycles. The number of unbranched alkanes of at least 4 members (excludes halogenated alkanes) is 1. The average Bonchev–Trinajstić information content (AvgIpc) is 2.49. The maximum atomic E-state index is 6.06. The minimum absolute atomic E-state index is 0.774. The van der Waals surface area contributed by atoms with Crippen LogP contribution in [0.5, 0.6) is 0 Å². The fraction of sp³-hybridized carbons (Fsp3) is 0.938. The van der Waals surface area contributed by atoms with Gasteiger partial charge in [-0.3, -0.25) is 4.99 Å². The number of rotatable bonds is 5. The Balaban J connectivity index is 1.58. The summed E-state index contributed by atoms with van der Waals surface area (Å²) in [6, 6.07) is 0.783. The van der Waals surface area contributed by atoms with E-state index in [2.05, 4.69) is 21.7 Å². The van der Waals surface area contributed by atoms with Gasteiger partial charge in [-0.15, -0.1) is 0 Å². The highest BCUT2D eigenvalue weighted by Crippen LogP contribution is 2.16. The standard InChI is InChI=1S/C16H32N4/c1-15-9-3-7-11-19(15)12-8-4-10-18-16(17)20-13-5-2-6-14-20/h15H,2-14H2,1H3,(H2,17,18). The first-order valence-corrected chi connectivity index (χ1v) is 8.56. The van der Waals surface area contributed by atoms with Crippen molar-refractivity contribution in [3.8, 4) is 0 Å². The van der Waals surface area contributed by atoms with Crippen LogP contribution < -0.4 is 5.73 Å². The van der Waals surface area contributed by atoms with E-state index in [1.54, 1.807) is 0 Å². The van der Waals surface area contributed by atoms with Crippen LogP contribution in [0.1, 0.15) is 58.3 Å². The largest absolute Gasteiger partial charge is 0.370 e. The third kappa shape index (κ3) is 4.97. The Hall–Kier alpha value is -0.770. The van der Waals surface area contributed by atoms with Crippen LogP contribution in [-0.4, -0.2) is 54.5 Å². The molecule has 1 atom stereocenters. The Morgan fingerprint density at radius 2 is 1.80 bits per heavy atom. The van der Waals surface area contributed by atoms with Gasteiger partial charge in [0.2, 0.25) is 0 Å². The summed E-state index contributed by atoms with van der Waals surface area (Å²) >= 11 is 0. The lowest BCUT2D eigenvalue weighted by Gasteiger charge is -2.33. The molecule has 0 radical (unpaired) electrons. The lowest BCUT2D eigenvalue weighted by Crippen LogP contribution is -2.41. The van der Waals surface area contributed by atoms with Crippen molar-refractivity contribution in [2.75, 3.05) is 32.7 Å². The zero-order chi connectivity index (χ0) is 14.2. The van der Waals surface area contributed by atoms with Crippen molar-refractivity contribution in [1.29, 1.82) is 0 Å². The van der Waals surface area contributed by atoms with Crippen molar-refractivity contribution in [2.24, 2.45) is 10.7 Å². The normalized spacial score (nSPS) is 25.9. The van der Waals surface area contributed by atoms with Gasteiger partial charge in [0.1, 0.15) is 0 Å². The molecule has 116 valence electrons. The summed E-state index contributed by atoms with van der Waals surface area (Å²) in [6.45, 7) is 7.98. The van der Waals surface area contributed by atoms with Gasteiger partial charge in [0, 0.05) is 25.7 Å². The molecule has 0 aromatic carbocycles. The minimum atomic E-state index is 0.774. The first kappa shape index (κ1) is 15.6. The van der Waals surface area contributed by atoms with Crippen LogP contribution in [0.25, 0.3) is 0 Å². The van der Waals surface area contributed by atoms with Crippen molar-refractivity contribution in [2.45, 2.75) is 64.3 Å². The number of guanidine groups is 1. The van der Waals surface area contributed by atoms with E-state index in [9.17, 15) is 0 Å². The van der Waals surface area contributed by atoms with Gasteiger partial charge in [0.25, 0.3) is 0 Å². The Morgan fingerprint density at radius 3 is 2.55 bits per heavy atom. The van der Waals surface area contributed by atoms with Gasteiger partial charge in [-0.1, -0.05) is 6.42 Å². The molecule has 2 fully saturated rings. The number of piperidine rings is 2. The number of hydrogen-bond acceptors (Lipinski definition) is 2. The van der Waals surface area contributed by atoms with Crippen molar-refractivity contribution in [1.82, 2.24) is 9.80 Å². The molecular weight excluding hydrogens is 248 g/mol. The second-order valence-corrected chi connectivity index (χ2v) is 6.38. The summed E-state index contributed by atoms with van der Waals surface area (Å²) in [4.78, 5) is 9.44. The molecule has 0 bridgehead atoms. The van der Waals surface area contributed by atoms with Gasteiger partial charge in [0.15, 0.2) is 5.96 Å². The summed E-state index contributed by atoms with van der Waals surface area (Å²) in [6.07, 6.45) is 10.5. The van der Waals surface area contributed by atoms with E-state index in [0.717, 1.165) is 38.1 Å². The Kier molecular flexibility index (Phi) is 6.64. The fourth-order valence-electron chi connectivity index (χ4n) is 3.33. The first-order valence-electron chi connectivity index (χ1n) is 8.56. The van der Waals surface area contributed by atoms with Crippen LogP contribution in [0, 0.1) is 0 Å². The smallest absolute Gasteiger partial charge is 0.191 e. The quantitative estimate of drug-likeness (QED) is 0.478. The van der Waals surface area contributed by atoms with Gasteiger partial charge < -0.3 is 15.5 Å². The molecule has 0 aromatic heterocycles. The third-order valence-electron chi connectivity index (χ3n) is 4.75.